The number of ether oxygens (including phenoxy) is 2. The van der Waals surface area contributed by atoms with Crippen molar-refractivity contribution in [2.24, 2.45) is 0 Å². The van der Waals surface area contributed by atoms with Crippen molar-refractivity contribution in [2.75, 3.05) is 25.6 Å². The number of H-pyrrole nitrogens is 1. The third-order valence-corrected chi connectivity index (χ3v) is 5.23. The molecule has 3 aromatic rings. The summed E-state index contributed by atoms with van der Waals surface area (Å²) in [6, 6.07) is 16.4. The van der Waals surface area contributed by atoms with Gasteiger partial charge in [0.2, 0.25) is 0 Å². The van der Waals surface area contributed by atoms with E-state index in [1.165, 1.54) is 0 Å². The summed E-state index contributed by atoms with van der Waals surface area (Å²) < 4.78 is 11.3. The maximum atomic E-state index is 10.2. The van der Waals surface area contributed by atoms with E-state index in [9.17, 15) is 5.11 Å². The number of fused-ring (bicyclic) bond motifs is 1. The van der Waals surface area contributed by atoms with Crippen LogP contribution in [0.3, 0.4) is 0 Å². The lowest BCUT2D eigenvalue weighted by Crippen LogP contribution is -2.33. The average molecular weight is 383 g/mol. The fraction of sp³-hybridized carbons (Fsp3) is 0.391. The Morgan fingerprint density at radius 1 is 1.00 bits per heavy atom. The number of rotatable bonds is 10. The third kappa shape index (κ3) is 4.93. The minimum Gasteiger partial charge on any atom is -0.397 e. The molecule has 0 aliphatic heterocycles. The molecule has 0 aliphatic carbocycles. The van der Waals surface area contributed by atoms with Crippen LogP contribution in [0.25, 0.3) is 22.2 Å². The summed E-state index contributed by atoms with van der Waals surface area (Å²) in [5.74, 6) is 0. The van der Waals surface area contributed by atoms with Crippen molar-refractivity contribution in [3.8, 4) is 11.3 Å². The number of hydrogen-bond acceptors (Lipinski definition) is 4. The van der Waals surface area contributed by atoms with E-state index < -0.39 is 5.60 Å². The van der Waals surface area contributed by atoms with Crippen molar-refractivity contribution in [3.05, 3.63) is 54.1 Å². The maximum Gasteiger partial charge on any atom is 0.0874 e. The average Bonchev–Trinajstić information content (AvgIpc) is 3.16. The van der Waals surface area contributed by atoms with Crippen LogP contribution in [0.15, 0.2) is 48.5 Å². The van der Waals surface area contributed by atoms with Gasteiger partial charge in [-0.15, -0.1) is 0 Å². The lowest BCUT2D eigenvalue weighted by molar-refractivity contribution is -0.0634. The van der Waals surface area contributed by atoms with Gasteiger partial charge in [0.05, 0.1) is 43.2 Å². The monoisotopic (exact) mass is 382 g/mol. The van der Waals surface area contributed by atoms with E-state index in [1.54, 1.807) is 0 Å². The molecule has 0 saturated heterocycles. The van der Waals surface area contributed by atoms with Crippen molar-refractivity contribution in [1.29, 1.82) is 0 Å². The minimum absolute atomic E-state index is 0.341. The Morgan fingerprint density at radius 3 is 2.43 bits per heavy atom. The molecule has 0 unspecified atom stereocenters. The summed E-state index contributed by atoms with van der Waals surface area (Å²) in [6.07, 6.45) is 1.37. The second-order valence-electron chi connectivity index (χ2n) is 7.23. The molecule has 0 fully saturated rings. The molecule has 0 saturated carbocycles. The molecule has 5 nitrogen and oxygen atoms in total. The Morgan fingerprint density at radius 2 is 1.71 bits per heavy atom. The molecule has 2 aromatic carbocycles. The van der Waals surface area contributed by atoms with Crippen molar-refractivity contribution >= 4 is 16.6 Å². The topological polar surface area (TPSA) is 80.5 Å². The molecule has 0 radical (unpaired) electrons. The summed E-state index contributed by atoms with van der Waals surface area (Å²) in [7, 11) is 0. The highest BCUT2D eigenvalue weighted by Crippen LogP contribution is 2.29. The van der Waals surface area contributed by atoms with Crippen LogP contribution in [-0.4, -0.2) is 35.5 Å². The highest BCUT2D eigenvalue weighted by molar-refractivity contribution is 5.94. The first-order valence-electron chi connectivity index (χ1n) is 9.89. The van der Waals surface area contributed by atoms with Gasteiger partial charge in [0.25, 0.3) is 0 Å². The van der Waals surface area contributed by atoms with Crippen molar-refractivity contribution in [2.45, 2.75) is 38.9 Å². The van der Waals surface area contributed by atoms with E-state index >= 15 is 0 Å². The third-order valence-electron chi connectivity index (χ3n) is 5.23. The van der Waals surface area contributed by atoms with Gasteiger partial charge in [-0.25, -0.2) is 0 Å². The van der Waals surface area contributed by atoms with Crippen LogP contribution in [0, 0.1) is 0 Å². The van der Waals surface area contributed by atoms with Gasteiger partial charge in [0.15, 0.2) is 0 Å². The Kier molecular flexibility index (Phi) is 6.73. The van der Waals surface area contributed by atoms with Crippen LogP contribution >= 0.6 is 0 Å². The Bertz CT molecular complexity index is 886. The number of hydrogen-bond donors (Lipinski definition) is 3. The summed E-state index contributed by atoms with van der Waals surface area (Å²) >= 11 is 0. The first-order valence-corrected chi connectivity index (χ1v) is 9.89. The number of nitrogen functional groups attached to an aromatic ring is 1. The van der Waals surface area contributed by atoms with Crippen molar-refractivity contribution < 1.29 is 14.6 Å². The molecule has 0 amide bonds. The van der Waals surface area contributed by atoms with Crippen LogP contribution in [0.5, 0.6) is 0 Å². The predicted molar refractivity (Wildman–Crippen MR) is 114 cm³/mol. The largest absolute Gasteiger partial charge is 0.397 e. The second kappa shape index (κ2) is 9.24. The molecule has 0 aliphatic rings. The molecular formula is C23H30N2O3. The van der Waals surface area contributed by atoms with E-state index in [2.05, 4.69) is 29.2 Å². The number of aliphatic hydroxyl groups is 1. The summed E-state index contributed by atoms with van der Waals surface area (Å²) in [6.45, 7) is 5.68. The minimum atomic E-state index is -0.732. The molecule has 1 heterocycles. The molecule has 0 bridgehead atoms. The van der Waals surface area contributed by atoms with Gasteiger partial charge in [-0.2, -0.15) is 0 Å². The Labute approximate surface area is 166 Å². The van der Waals surface area contributed by atoms with Gasteiger partial charge >= 0.3 is 0 Å². The fourth-order valence-electron chi connectivity index (χ4n) is 3.22. The van der Waals surface area contributed by atoms with E-state index in [0.717, 1.165) is 27.7 Å². The van der Waals surface area contributed by atoms with E-state index in [1.807, 2.05) is 38.1 Å². The predicted octanol–water partition coefficient (Wildman–Crippen LogP) is 4.50. The summed E-state index contributed by atoms with van der Waals surface area (Å²) in [5, 5.41) is 11.3. The van der Waals surface area contributed by atoms with Gasteiger partial charge in [-0.1, -0.05) is 44.2 Å². The number of aromatic amines is 1. The van der Waals surface area contributed by atoms with E-state index in [0.29, 0.717) is 45.0 Å². The van der Waals surface area contributed by atoms with Gasteiger partial charge < -0.3 is 25.3 Å². The number of nitrogens with two attached hydrogens (primary N) is 1. The molecule has 28 heavy (non-hydrogen) atoms. The van der Waals surface area contributed by atoms with Crippen LogP contribution < -0.4 is 5.73 Å². The summed E-state index contributed by atoms with van der Waals surface area (Å²) in [5.41, 5.74) is 10.4. The lowest BCUT2D eigenvalue weighted by Gasteiger charge is -2.24. The number of benzene rings is 2. The molecule has 3 rings (SSSR count). The van der Waals surface area contributed by atoms with Gasteiger partial charge in [-0.3, -0.25) is 0 Å². The van der Waals surface area contributed by atoms with Crippen molar-refractivity contribution in [3.63, 3.8) is 0 Å². The fourth-order valence-corrected chi connectivity index (χ4v) is 3.22. The van der Waals surface area contributed by atoms with Crippen molar-refractivity contribution in [1.82, 2.24) is 4.98 Å². The molecule has 0 atom stereocenters. The van der Waals surface area contributed by atoms with Crippen LogP contribution in [0.4, 0.5) is 5.69 Å². The zero-order valence-corrected chi connectivity index (χ0v) is 16.7. The molecule has 1 aromatic heterocycles. The molecule has 4 N–H and O–H groups in total. The maximum absolute atomic E-state index is 10.2. The van der Waals surface area contributed by atoms with Gasteiger partial charge in [-0.05, 0) is 42.2 Å². The van der Waals surface area contributed by atoms with Crippen LogP contribution in [0.2, 0.25) is 0 Å². The molecular weight excluding hydrogens is 352 g/mol. The van der Waals surface area contributed by atoms with Gasteiger partial charge in [0, 0.05) is 11.1 Å². The molecule has 150 valence electrons. The SMILES string of the molecule is CCC(O)(CC)COCCOCc1cc(N)c2[nH]c(-c3ccccc3)cc2c1. The van der Waals surface area contributed by atoms with E-state index in [4.69, 9.17) is 15.2 Å². The highest BCUT2D eigenvalue weighted by atomic mass is 16.5. The smallest absolute Gasteiger partial charge is 0.0874 e. The Balaban J connectivity index is 1.56. The second-order valence-corrected chi connectivity index (χ2v) is 7.23. The first-order chi connectivity index (χ1) is 13.5. The summed E-state index contributed by atoms with van der Waals surface area (Å²) in [4.78, 5) is 3.41. The lowest BCUT2D eigenvalue weighted by atomic mass is 9.99. The Hall–Kier alpha value is -2.34. The zero-order chi connectivity index (χ0) is 20.0. The van der Waals surface area contributed by atoms with Gasteiger partial charge in [0.1, 0.15) is 0 Å². The first kappa shape index (κ1) is 20.4. The standard InChI is InChI=1S/C23H30N2O3/c1-3-23(26,4-2)16-28-11-10-27-15-17-12-19-14-21(18-8-6-5-7-9-18)25-22(19)20(24)13-17/h5-9,12-14,25-26H,3-4,10-11,15-16,24H2,1-2H3. The van der Waals surface area contributed by atoms with E-state index in [-0.39, 0.29) is 0 Å². The number of aromatic nitrogens is 1. The number of nitrogens with one attached hydrogen (secondary N) is 1. The zero-order valence-electron chi connectivity index (χ0n) is 16.7. The highest BCUT2D eigenvalue weighted by Gasteiger charge is 2.21. The number of anilines is 1. The molecule has 0 spiro atoms. The quantitative estimate of drug-likeness (QED) is 0.356. The van der Waals surface area contributed by atoms with Crippen LogP contribution in [0.1, 0.15) is 32.3 Å². The van der Waals surface area contributed by atoms with Crippen LogP contribution in [-0.2, 0) is 16.1 Å². The normalized spacial score (nSPS) is 12.0. The molecule has 5 heteroatoms.